The zero-order chi connectivity index (χ0) is 8.97. The highest BCUT2D eigenvalue weighted by Crippen LogP contribution is 2.20. The number of aliphatic hydroxyl groups excluding tert-OH is 1. The quantitative estimate of drug-likeness (QED) is 0.671. The first-order chi connectivity index (χ1) is 5.77. The number of hydrogen-bond acceptors (Lipinski definition) is 1. The van der Waals surface area contributed by atoms with Crippen molar-refractivity contribution in [3.63, 3.8) is 0 Å². The second-order valence-corrected chi connectivity index (χ2v) is 2.75. The van der Waals surface area contributed by atoms with Gasteiger partial charge in [0.25, 0.3) is 0 Å². The highest BCUT2D eigenvalue weighted by Gasteiger charge is 2.05. The van der Waals surface area contributed by atoms with Gasteiger partial charge in [-0.2, -0.15) is 0 Å². The minimum Gasteiger partial charge on any atom is -0.392 e. The van der Waals surface area contributed by atoms with E-state index in [1.54, 1.807) is 6.08 Å². The Morgan fingerprint density at radius 2 is 2.25 bits per heavy atom. The minimum atomic E-state index is -0.303. The average molecular weight is 168 g/mol. The molecular weight excluding hydrogens is 155 g/mol. The molecule has 1 aliphatic carbocycles. The van der Waals surface area contributed by atoms with E-state index >= 15 is 0 Å². The molecule has 0 aromatic carbocycles. The Morgan fingerprint density at radius 3 is 2.83 bits per heavy atom. The molecule has 0 atom stereocenters. The molecule has 1 rings (SSSR count). The fraction of sp³-hybridized carbons (Fsp3) is 0.400. The Labute approximate surface area is 71.9 Å². The van der Waals surface area contributed by atoms with Gasteiger partial charge < -0.3 is 5.11 Å². The van der Waals surface area contributed by atoms with E-state index < -0.39 is 0 Å². The van der Waals surface area contributed by atoms with E-state index in [-0.39, 0.29) is 12.4 Å². The first kappa shape index (κ1) is 9.20. The number of halogens is 1. The molecule has 0 radical (unpaired) electrons. The lowest BCUT2D eigenvalue weighted by Crippen LogP contribution is -1.90. The maximum Gasteiger partial charge on any atom is 0.128 e. The third kappa shape index (κ3) is 2.05. The van der Waals surface area contributed by atoms with Crippen LogP contribution >= 0.6 is 0 Å². The topological polar surface area (TPSA) is 20.2 Å². The van der Waals surface area contributed by atoms with Crippen molar-refractivity contribution in [1.82, 2.24) is 0 Å². The summed E-state index contributed by atoms with van der Waals surface area (Å²) in [5, 5.41) is 8.77. The highest BCUT2D eigenvalue weighted by atomic mass is 19.1. The molecule has 2 heteroatoms. The predicted molar refractivity (Wildman–Crippen MR) is 47.4 cm³/mol. The van der Waals surface area contributed by atoms with Gasteiger partial charge in [0.2, 0.25) is 0 Å². The predicted octanol–water partition coefficient (Wildman–Crippen LogP) is 2.50. The Kier molecular flexibility index (Phi) is 3.23. The molecule has 0 bridgehead atoms. The van der Waals surface area contributed by atoms with Gasteiger partial charge in [-0.25, -0.2) is 4.39 Å². The lowest BCUT2D eigenvalue weighted by atomic mass is 10.1. The normalized spacial score (nSPS) is 17.8. The Balaban J connectivity index is 2.85. The molecule has 0 aliphatic heterocycles. The number of rotatable bonds is 2. The van der Waals surface area contributed by atoms with Gasteiger partial charge in [0, 0.05) is 5.57 Å². The van der Waals surface area contributed by atoms with E-state index in [1.165, 1.54) is 6.08 Å². The van der Waals surface area contributed by atoms with Crippen molar-refractivity contribution in [1.29, 1.82) is 0 Å². The minimum absolute atomic E-state index is 0.215. The van der Waals surface area contributed by atoms with Crippen LogP contribution in [0.4, 0.5) is 4.39 Å². The summed E-state index contributed by atoms with van der Waals surface area (Å²) in [6, 6.07) is 0. The first-order valence-electron chi connectivity index (χ1n) is 4.14. The van der Waals surface area contributed by atoms with Gasteiger partial charge >= 0.3 is 0 Å². The van der Waals surface area contributed by atoms with Crippen molar-refractivity contribution in [3.05, 3.63) is 35.2 Å². The fourth-order valence-electron chi connectivity index (χ4n) is 1.15. The van der Waals surface area contributed by atoms with Crippen molar-refractivity contribution in [3.8, 4) is 0 Å². The molecule has 0 heterocycles. The van der Waals surface area contributed by atoms with Gasteiger partial charge in [0.05, 0.1) is 6.61 Å². The van der Waals surface area contributed by atoms with Crippen LogP contribution in [-0.2, 0) is 0 Å². The smallest absolute Gasteiger partial charge is 0.128 e. The number of aliphatic hydroxyl groups is 1. The second-order valence-electron chi connectivity index (χ2n) is 2.75. The van der Waals surface area contributed by atoms with Crippen LogP contribution in [0.3, 0.4) is 0 Å². The van der Waals surface area contributed by atoms with Crippen LogP contribution in [-0.4, -0.2) is 11.7 Å². The third-order valence-corrected chi connectivity index (χ3v) is 1.94. The van der Waals surface area contributed by atoms with E-state index in [0.29, 0.717) is 12.0 Å². The van der Waals surface area contributed by atoms with Crippen molar-refractivity contribution >= 4 is 0 Å². The van der Waals surface area contributed by atoms with E-state index in [0.717, 1.165) is 12.0 Å². The van der Waals surface area contributed by atoms with Crippen molar-refractivity contribution in [2.75, 3.05) is 6.61 Å². The standard InChI is InChI=1S/C10H13FO/c1-2-8-4-3-5-9(7-12)10(11)6-8/h4-6,12H,2-3,7H2,1H3. The van der Waals surface area contributed by atoms with E-state index in [2.05, 4.69) is 0 Å². The molecule has 0 fully saturated rings. The number of allylic oxidation sites excluding steroid dienone is 4. The van der Waals surface area contributed by atoms with Gasteiger partial charge in [0.15, 0.2) is 0 Å². The lowest BCUT2D eigenvalue weighted by molar-refractivity contribution is 0.327. The summed E-state index contributed by atoms with van der Waals surface area (Å²) in [6.07, 6.45) is 6.73. The molecule has 0 saturated carbocycles. The van der Waals surface area contributed by atoms with Gasteiger partial charge in [-0.1, -0.05) is 19.1 Å². The summed E-state index contributed by atoms with van der Waals surface area (Å²) >= 11 is 0. The lowest BCUT2D eigenvalue weighted by Gasteiger charge is -1.98. The molecule has 0 unspecified atom stereocenters. The summed E-state index contributed by atoms with van der Waals surface area (Å²) in [4.78, 5) is 0. The molecule has 12 heavy (non-hydrogen) atoms. The monoisotopic (exact) mass is 168 g/mol. The molecule has 1 aliphatic rings. The summed E-state index contributed by atoms with van der Waals surface area (Å²) < 4.78 is 13.1. The zero-order valence-corrected chi connectivity index (χ0v) is 7.18. The fourth-order valence-corrected chi connectivity index (χ4v) is 1.15. The third-order valence-electron chi connectivity index (χ3n) is 1.94. The van der Waals surface area contributed by atoms with Crippen LogP contribution in [0, 0.1) is 0 Å². The average Bonchev–Trinajstić information content (AvgIpc) is 2.26. The summed E-state index contributed by atoms with van der Waals surface area (Å²) in [7, 11) is 0. The van der Waals surface area contributed by atoms with Gasteiger partial charge in [-0.3, -0.25) is 0 Å². The summed E-state index contributed by atoms with van der Waals surface area (Å²) in [5.74, 6) is -0.303. The molecule has 66 valence electrons. The van der Waals surface area contributed by atoms with Crippen LogP contribution < -0.4 is 0 Å². The van der Waals surface area contributed by atoms with Crippen LogP contribution in [0.15, 0.2) is 35.2 Å². The largest absolute Gasteiger partial charge is 0.392 e. The molecule has 1 N–H and O–H groups in total. The molecule has 0 saturated heterocycles. The molecule has 0 aromatic heterocycles. The SMILES string of the molecule is CCC1=CCC=C(CO)C(F)=C1. The Bertz CT molecular complexity index is 249. The van der Waals surface area contributed by atoms with E-state index in [9.17, 15) is 4.39 Å². The van der Waals surface area contributed by atoms with Crippen LogP contribution in [0.2, 0.25) is 0 Å². The molecule has 0 amide bonds. The highest BCUT2D eigenvalue weighted by molar-refractivity contribution is 5.36. The molecular formula is C10H13FO. The first-order valence-corrected chi connectivity index (χ1v) is 4.14. The van der Waals surface area contributed by atoms with Crippen LogP contribution in [0.1, 0.15) is 19.8 Å². The molecule has 0 spiro atoms. The number of hydrogen-bond donors (Lipinski definition) is 1. The van der Waals surface area contributed by atoms with Crippen LogP contribution in [0.5, 0.6) is 0 Å². The van der Waals surface area contributed by atoms with Crippen molar-refractivity contribution in [2.24, 2.45) is 0 Å². The Morgan fingerprint density at radius 1 is 1.50 bits per heavy atom. The van der Waals surface area contributed by atoms with E-state index in [4.69, 9.17) is 5.11 Å². The van der Waals surface area contributed by atoms with Gasteiger partial charge in [-0.05, 0) is 24.5 Å². The summed E-state index contributed by atoms with van der Waals surface area (Å²) in [5.41, 5.74) is 1.39. The molecule has 0 aromatic rings. The van der Waals surface area contributed by atoms with Crippen molar-refractivity contribution < 1.29 is 9.50 Å². The van der Waals surface area contributed by atoms with E-state index in [1.807, 2.05) is 13.0 Å². The maximum atomic E-state index is 13.1. The Hall–Kier alpha value is -0.890. The molecule has 1 nitrogen and oxygen atoms in total. The van der Waals surface area contributed by atoms with Crippen molar-refractivity contribution in [2.45, 2.75) is 19.8 Å². The van der Waals surface area contributed by atoms with Gasteiger partial charge in [0.1, 0.15) is 5.83 Å². The maximum absolute atomic E-state index is 13.1. The second kappa shape index (κ2) is 4.21. The van der Waals surface area contributed by atoms with Crippen LogP contribution in [0.25, 0.3) is 0 Å². The van der Waals surface area contributed by atoms with Gasteiger partial charge in [-0.15, -0.1) is 0 Å². The zero-order valence-electron chi connectivity index (χ0n) is 7.18. The summed E-state index contributed by atoms with van der Waals surface area (Å²) in [6.45, 7) is 1.77.